The van der Waals surface area contributed by atoms with Gasteiger partial charge in [0.2, 0.25) is 5.16 Å². The highest BCUT2D eigenvalue weighted by molar-refractivity contribution is 7.98. The summed E-state index contributed by atoms with van der Waals surface area (Å²) >= 11 is 1.32. The summed E-state index contributed by atoms with van der Waals surface area (Å²) in [5.74, 6) is 2.09. The number of thioether (sulfide) groups is 1. The summed E-state index contributed by atoms with van der Waals surface area (Å²) < 4.78 is 13.9. The molecule has 0 fully saturated rings. The van der Waals surface area contributed by atoms with Gasteiger partial charge in [0.1, 0.15) is 11.4 Å². The lowest BCUT2D eigenvalue weighted by molar-refractivity contribution is -0.386. The van der Waals surface area contributed by atoms with Crippen LogP contribution in [0.3, 0.4) is 0 Å². The Kier molecular flexibility index (Phi) is 6.35. The zero-order chi connectivity index (χ0) is 21.8. The van der Waals surface area contributed by atoms with Gasteiger partial charge in [-0.2, -0.15) is 14.9 Å². The molecule has 2 aromatic heterocycles. The van der Waals surface area contributed by atoms with Crippen LogP contribution < -0.4 is 9.47 Å². The van der Waals surface area contributed by atoms with Crippen LogP contribution in [0, 0.1) is 30.9 Å². The molecule has 0 N–H and O–H groups in total. The maximum Gasteiger partial charge on any atom is 0.312 e. The Balaban J connectivity index is 1.84. The highest BCUT2D eigenvalue weighted by Gasteiger charge is 2.22. The highest BCUT2D eigenvalue weighted by Crippen LogP contribution is 2.30. The smallest absolute Gasteiger partial charge is 0.312 e. The van der Waals surface area contributed by atoms with Crippen molar-refractivity contribution in [1.29, 1.82) is 0 Å². The Bertz CT molecular complexity index is 1110. The number of benzene rings is 1. The molecular weight excluding hydrogens is 410 g/mol. The molecule has 0 saturated carbocycles. The van der Waals surface area contributed by atoms with Crippen molar-refractivity contribution in [1.82, 2.24) is 24.7 Å². The fourth-order valence-electron chi connectivity index (χ4n) is 2.89. The first-order valence-corrected chi connectivity index (χ1v) is 9.84. The molecule has 1 aromatic carbocycles. The molecule has 0 aliphatic rings. The molecule has 30 heavy (non-hydrogen) atoms. The fraction of sp³-hybridized carbons (Fsp3) is 0.333. The second kappa shape index (κ2) is 8.95. The van der Waals surface area contributed by atoms with Gasteiger partial charge in [0.05, 0.1) is 31.2 Å². The molecule has 158 valence electrons. The standard InChI is InChI=1S/C18H21N7O4S/c1-11-16(25(26)27)12(2)23(22-11)10-30-18-21-20-13(3)24(18)19-9-14-7-6-8-15(28-4)17(14)29-5/h6-9H,10H2,1-5H3. The topological polar surface area (TPSA) is 122 Å². The van der Waals surface area contributed by atoms with Gasteiger partial charge in [0.25, 0.3) is 0 Å². The number of ether oxygens (including phenoxy) is 2. The van der Waals surface area contributed by atoms with Gasteiger partial charge in [-0.3, -0.25) is 14.8 Å². The predicted octanol–water partition coefficient (Wildman–Crippen LogP) is 2.96. The molecule has 2 heterocycles. The van der Waals surface area contributed by atoms with Crippen LogP contribution in [0.4, 0.5) is 5.69 Å². The van der Waals surface area contributed by atoms with E-state index in [0.717, 1.165) is 5.56 Å². The number of nitrogens with zero attached hydrogens (tertiary/aromatic N) is 7. The molecule has 0 amide bonds. The monoisotopic (exact) mass is 431 g/mol. The molecule has 0 bridgehead atoms. The number of aromatic nitrogens is 5. The Morgan fingerprint density at radius 1 is 1.23 bits per heavy atom. The van der Waals surface area contributed by atoms with Gasteiger partial charge in [-0.25, -0.2) is 0 Å². The lowest BCUT2D eigenvalue weighted by atomic mass is 10.2. The summed E-state index contributed by atoms with van der Waals surface area (Å²) in [5, 5.41) is 28.7. The van der Waals surface area contributed by atoms with Crippen LogP contribution in [0.2, 0.25) is 0 Å². The van der Waals surface area contributed by atoms with Crippen molar-refractivity contribution in [3.05, 3.63) is 51.1 Å². The number of aryl methyl sites for hydroxylation is 2. The van der Waals surface area contributed by atoms with Crippen molar-refractivity contribution < 1.29 is 14.4 Å². The Hall–Kier alpha value is -3.41. The molecule has 0 atom stereocenters. The van der Waals surface area contributed by atoms with Crippen molar-refractivity contribution >= 4 is 23.7 Å². The van der Waals surface area contributed by atoms with E-state index in [9.17, 15) is 10.1 Å². The molecule has 12 heteroatoms. The number of methoxy groups -OCH3 is 2. The van der Waals surface area contributed by atoms with Crippen molar-refractivity contribution in [2.75, 3.05) is 14.2 Å². The SMILES string of the molecule is COc1cccc(C=Nn2c(C)nnc2SCn2nc(C)c([N+](=O)[O-])c2C)c1OC. The van der Waals surface area contributed by atoms with Gasteiger partial charge in [-0.1, -0.05) is 17.8 Å². The molecule has 0 aliphatic heterocycles. The largest absolute Gasteiger partial charge is 0.493 e. The predicted molar refractivity (Wildman–Crippen MR) is 112 cm³/mol. The van der Waals surface area contributed by atoms with E-state index in [0.29, 0.717) is 39.7 Å². The lowest BCUT2D eigenvalue weighted by Crippen LogP contribution is -2.03. The van der Waals surface area contributed by atoms with Crippen molar-refractivity contribution in [3.63, 3.8) is 0 Å². The summed E-state index contributed by atoms with van der Waals surface area (Å²) in [6.07, 6.45) is 1.63. The zero-order valence-electron chi connectivity index (χ0n) is 17.2. The number of para-hydroxylation sites is 1. The summed E-state index contributed by atoms with van der Waals surface area (Å²) in [6, 6.07) is 5.49. The first-order chi connectivity index (χ1) is 14.4. The van der Waals surface area contributed by atoms with E-state index >= 15 is 0 Å². The van der Waals surface area contributed by atoms with Crippen molar-refractivity contribution in [2.45, 2.75) is 31.8 Å². The van der Waals surface area contributed by atoms with Crippen LogP contribution in [0.1, 0.15) is 22.8 Å². The van der Waals surface area contributed by atoms with E-state index in [2.05, 4.69) is 20.4 Å². The van der Waals surface area contributed by atoms with Crippen LogP contribution in [0.15, 0.2) is 28.5 Å². The number of nitro groups is 1. The maximum absolute atomic E-state index is 11.2. The summed E-state index contributed by atoms with van der Waals surface area (Å²) in [4.78, 5) is 10.8. The van der Waals surface area contributed by atoms with Crippen LogP contribution in [0.25, 0.3) is 0 Å². The van der Waals surface area contributed by atoms with Crippen LogP contribution >= 0.6 is 11.8 Å². The molecule has 0 aliphatic carbocycles. The molecule has 0 radical (unpaired) electrons. The third kappa shape index (κ3) is 4.13. The normalized spacial score (nSPS) is 11.2. The molecule has 0 unspecified atom stereocenters. The number of hydrogen-bond donors (Lipinski definition) is 0. The minimum Gasteiger partial charge on any atom is -0.493 e. The minimum absolute atomic E-state index is 0.0244. The Labute approximate surface area is 176 Å². The van der Waals surface area contributed by atoms with Crippen LogP contribution in [-0.2, 0) is 5.88 Å². The highest BCUT2D eigenvalue weighted by atomic mass is 32.2. The van der Waals surface area contributed by atoms with E-state index < -0.39 is 4.92 Å². The van der Waals surface area contributed by atoms with E-state index in [4.69, 9.17) is 9.47 Å². The molecular formula is C18H21N7O4S. The van der Waals surface area contributed by atoms with Gasteiger partial charge >= 0.3 is 5.69 Å². The third-order valence-corrected chi connectivity index (χ3v) is 5.24. The second-order valence-corrected chi connectivity index (χ2v) is 7.13. The van der Waals surface area contributed by atoms with E-state index in [1.54, 1.807) is 56.6 Å². The first kappa shape index (κ1) is 21.3. The minimum atomic E-state index is -0.419. The average molecular weight is 431 g/mol. The van der Waals surface area contributed by atoms with E-state index in [1.807, 2.05) is 12.1 Å². The van der Waals surface area contributed by atoms with Crippen molar-refractivity contribution in [3.8, 4) is 11.5 Å². The van der Waals surface area contributed by atoms with Gasteiger partial charge in [-0.05, 0) is 32.9 Å². The molecule has 0 spiro atoms. The molecule has 3 rings (SSSR count). The third-order valence-electron chi connectivity index (χ3n) is 4.36. The molecule has 3 aromatic rings. The van der Waals surface area contributed by atoms with Crippen LogP contribution in [0.5, 0.6) is 11.5 Å². The first-order valence-electron chi connectivity index (χ1n) is 8.86. The summed E-state index contributed by atoms with van der Waals surface area (Å²) in [6.45, 7) is 5.07. The molecule has 0 saturated heterocycles. The van der Waals surface area contributed by atoms with Gasteiger partial charge in [0, 0.05) is 5.56 Å². The summed E-state index contributed by atoms with van der Waals surface area (Å²) in [7, 11) is 3.13. The average Bonchev–Trinajstić information content (AvgIpc) is 3.22. The van der Waals surface area contributed by atoms with E-state index in [-0.39, 0.29) is 5.69 Å². The fourth-order valence-corrected chi connectivity index (χ4v) is 3.78. The lowest BCUT2D eigenvalue weighted by Gasteiger charge is -2.09. The van der Waals surface area contributed by atoms with Crippen LogP contribution in [-0.4, -0.2) is 50.0 Å². The second-order valence-electron chi connectivity index (χ2n) is 6.22. The van der Waals surface area contributed by atoms with Gasteiger partial charge in [-0.15, -0.1) is 10.2 Å². The van der Waals surface area contributed by atoms with E-state index in [1.165, 1.54) is 11.8 Å². The van der Waals surface area contributed by atoms with Gasteiger partial charge in [0.15, 0.2) is 17.3 Å². The number of hydrogen-bond acceptors (Lipinski definition) is 9. The van der Waals surface area contributed by atoms with Gasteiger partial charge < -0.3 is 9.47 Å². The summed E-state index contributed by atoms with van der Waals surface area (Å²) in [5.41, 5.74) is 1.61. The Morgan fingerprint density at radius 2 is 2.00 bits per heavy atom. The maximum atomic E-state index is 11.2. The quantitative estimate of drug-likeness (QED) is 0.231. The van der Waals surface area contributed by atoms with Crippen molar-refractivity contribution in [2.24, 2.45) is 5.10 Å². The molecule has 11 nitrogen and oxygen atoms in total. The zero-order valence-corrected chi connectivity index (χ0v) is 18.0. The Morgan fingerprint density at radius 3 is 2.63 bits per heavy atom. The number of rotatable bonds is 8.